The predicted octanol–water partition coefficient (Wildman–Crippen LogP) is 6.35. The molecule has 3 heteroatoms. The summed E-state index contributed by atoms with van der Waals surface area (Å²) in [6.07, 6.45) is 12.0. The second-order valence-corrected chi connectivity index (χ2v) is 9.51. The van der Waals surface area contributed by atoms with E-state index in [1.807, 2.05) is 31.2 Å². The summed E-state index contributed by atoms with van der Waals surface area (Å²) < 4.78 is 6.37. The first-order chi connectivity index (χ1) is 13.1. The zero-order chi connectivity index (χ0) is 20.5. The molecule has 2 aliphatic rings. The lowest BCUT2D eigenvalue weighted by Crippen LogP contribution is -2.45. The van der Waals surface area contributed by atoms with Crippen molar-refractivity contribution < 1.29 is 14.9 Å². The zero-order valence-corrected chi connectivity index (χ0v) is 18.1. The highest BCUT2D eigenvalue weighted by molar-refractivity contribution is 5.61. The van der Waals surface area contributed by atoms with Crippen LogP contribution in [0.3, 0.4) is 0 Å². The fourth-order valence-electron chi connectivity index (χ4n) is 4.77. The van der Waals surface area contributed by atoms with E-state index in [0.717, 1.165) is 55.4 Å². The number of hydrogen-bond donors (Lipinski definition) is 2. The van der Waals surface area contributed by atoms with Gasteiger partial charge in [-0.05, 0) is 64.7 Å². The number of fused-ring (bicyclic) bond motifs is 3. The van der Waals surface area contributed by atoms with Crippen LogP contribution in [-0.4, -0.2) is 21.4 Å². The topological polar surface area (TPSA) is 49.7 Å². The number of unbranched alkanes of at least 4 members (excludes halogenated alkanes) is 2. The third kappa shape index (κ3) is 4.46. The van der Waals surface area contributed by atoms with Crippen molar-refractivity contribution in [3.05, 3.63) is 41.0 Å². The van der Waals surface area contributed by atoms with Crippen LogP contribution in [0, 0.1) is 5.92 Å². The lowest BCUT2D eigenvalue weighted by molar-refractivity contribution is 0.00759. The Labute approximate surface area is 170 Å². The highest BCUT2D eigenvalue weighted by Crippen LogP contribution is 2.54. The van der Waals surface area contributed by atoms with Gasteiger partial charge < -0.3 is 14.9 Å². The van der Waals surface area contributed by atoms with Crippen LogP contribution in [0.4, 0.5) is 0 Å². The van der Waals surface area contributed by atoms with E-state index in [4.69, 9.17) is 4.74 Å². The van der Waals surface area contributed by atoms with E-state index in [-0.39, 0.29) is 5.60 Å². The van der Waals surface area contributed by atoms with Gasteiger partial charge in [-0.3, -0.25) is 0 Å². The molecular weight excluding hydrogens is 348 g/mol. The Balaban J connectivity index is 1.88. The smallest absolute Gasteiger partial charge is 0.127 e. The molecule has 3 unspecified atom stereocenters. The third-order valence-corrected chi connectivity index (χ3v) is 6.45. The molecule has 0 radical (unpaired) electrons. The summed E-state index contributed by atoms with van der Waals surface area (Å²) in [5.41, 5.74) is 2.09. The molecule has 1 heterocycles. The molecule has 0 spiro atoms. The number of aliphatic hydroxyl groups is 1. The van der Waals surface area contributed by atoms with Gasteiger partial charge >= 0.3 is 0 Å². The van der Waals surface area contributed by atoms with Gasteiger partial charge in [-0.1, -0.05) is 50.0 Å². The number of ether oxygens (including phenoxy) is 1. The summed E-state index contributed by atoms with van der Waals surface area (Å²) in [6.45, 7) is 10.5. The molecule has 3 atom stereocenters. The minimum absolute atomic E-state index is 0.269. The Morgan fingerprint density at radius 2 is 2.04 bits per heavy atom. The average Bonchev–Trinajstić information content (AvgIpc) is 2.59. The SMILES string of the molecule is CCCCCC(C)(O)/C=C/c1cc(O)c2c(c1)OC(C)(C)C1CC=C(C)CC21. The third-order valence-electron chi connectivity index (χ3n) is 6.45. The normalized spacial score (nSPS) is 25.4. The minimum atomic E-state index is -0.836. The number of benzene rings is 1. The van der Waals surface area contributed by atoms with E-state index in [9.17, 15) is 10.2 Å². The molecule has 3 rings (SSSR count). The minimum Gasteiger partial charge on any atom is -0.507 e. The largest absolute Gasteiger partial charge is 0.507 e. The molecule has 1 aromatic rings. The van der Waals surface area contributed by atoms with Crippen molar-refractivity contribution in [3.8, 4) is 11.5 Å². The maximum atomic E-state index is 10.8. The molecule has 1 aromatic carbocycles. The molecule has 154 valence electrons. The Morgan fingerprint density at radius 3 is 2.75 bits per heavy atom. The maximum Gasteiger partial charge on any atom is 0.127 e. The molecule has 0 bridgehead atoms. The van der Waals surface area contributed by atoms with Crippen molar-refractivity contribution in [2.75, 3.05) is 0 Å². The van der Waals surface area contributed by atoms with Gasteiger partial charge in [0, 0.05) is 17.4 Å². The summed E-state index contributed by atoms with van der Waals surface area (Å²) in [5.74, 6) is 1.75. The van der Waals surface area contributed by atoms with Crippen LogP contribution >= 0.6 is 0 Å². The number of allylic oxidation sites excluding steroid dienone is 2. The highest BCUT2D eigenvalue weighted by Gasteiger charge is 2.45. The van der Waals surface area contributed by atoms with E-state index < -0.39 is 5.60 Å². The van der Waals surface area contributed by atoms with E-state index in [0.29, 0.717) is 17.6 Å². The summed E-state index contributed by atoms with van der Waals surface area (Å²) in [5, 5.41) is 21.4. The molecule has 0 aromatic heterocycles. The van der Waals surface area contributed by atoms with Gasteiger partial charge in [0.05, 0.1) is 5.60 Å². The highest BCUT2D eigenvalue weighted by atomic mass is 16.5. The van der Waals surface area contributed by atoms with Crippen LogP contribution < -0.4 is 4.74 Å². The van der Waals surface area contributed by atoms with Crippen LogP contribution in [0.5, 0.6) is 11.5 Å². The molecule has 1 aliphatic heterocycles. The first-order valence-electron chi connectivity index (χ1n) is 10.8. The van der Waals surface area contributed by atoms with E-state index in [2.05, 4.69) is 33.8 Å². The summed E-state index contributed by atoms with van der Waals surface area (Å²) in [4.78, 5) is 0. The molecule has 0 saturated carbocycles. The van der Waals surface area contributed by atoms with Gasteiger partial charge in [-0.2, -0.15) is 0 Å². The molecule has 0 amide bonds. The zero-order valence-electron chi connectivity index (χ0n) is 18.1. The van der Waals surface area contributed by atoms with Gasteiger partial charge in [0.15, 0.2) is 0 Å². The van der Waals surface area contributed by atoms with Crippen molar-refractivity contribution in [2.24, 2.45) is 5.92 Å². The van der Waals surface area contributed by atoms with Crippen molar-refractivity contribution in [1.29, 1.82) is 0 Å². The van der Waals surface area contributed by atoms with Crippen LogP contribution in [0.25, 0.3) is 6.08 Å². The number of phenolic OH excluding ortho intramolecular Hbond substituents is 1. The average molecular weight is 385 g/mol. The summed E-state index contributed by atoms with van der Waals surface area (Å²) in [7, 11) is 0. The maximum absolute atomic E-state index is 10.8. The summed E-state index contributed by atoms with van der Waals surface area (Å²) in [6, 6.07) is 3.82. The van der Waals surface area contributed by atoms with Crippen molar-refractivity contribution in [2.45, 2.75) is 90.3 Å². The standard InChI is InChI=1S/C25H36O3/c1-6-7-8-12-25(5,27)13-11-18-15-21(26)23-19-14-17(2)9-10-20(19)24(3,4)28-22(23)16-18/h9,11,13,15-16,19-20,26-27H,6-8,10,12,14H2,1-5H3/b13-11+. The molecule has 0 fully saturated rings. The molecule has 0 saturated heterocycles. The van der Waals surface area contributed by atoms with Crippen LogP contribution in [0.2, 0.25) is 0 Å². The molecule has 28 heavy (non-hydrogen) atoms. The lowest BCUT2D eigenvalue weighted by atomic mass is 9.67. The number of aromatic hydroxyl groups is 1. The number of rotatable bonds is 6. The second kappa shape index (κ2) is 7.94. The second-order valence-electron chi connectivity index (χ2n) is 9.51. The number of hydrogen-bond acceptors (Lipinski definition) is 3. The van der Waals surface area contributed by atoms with Crippen molar-refractivity contribution in [3.63, 3.8) is 0 Å². The molecular formula is C25H36O3. The van der Waals surface area contributed by atoms with Crippen LogP contribution in [-0.2, 0) is 0 Å². The monoisotopic (exact) mass is 384 g/mol. The number of phenols is 1. The Morgan fingerprint density at radius 1 is 1.29 bits per heavy atom. The lowest BCUT2D eigenvalue weighted by Gasteiger charge is -2.47. The Hall–Kier alpha value is -1.74. The molecule has 2 N–H and O–H groups in total. The van der Waals surface area contributed by atoms with Gasteiger partial charge in [0.1, 0.15) is 17.1 Å². The van der Waals surface area contributed by atoms with E-state index in [1.165, 1.54) is 5.57 Å². The molecule has 1 aliphatic carbocycles. The quantitative estimate of drug-likeness (QED) is 0.444. The first-order valence-corrected chi connectivity index (χ1v) is 10.8. The van der Waals surface area contributed by atoms with Gasteiger partial charge in [-0.15, -0.1) is 0 Å². The van der Waals surface area contributed by atoms with Gasteiger partial charge in [0.2, 0.25) is 0 Å². The van der Waals surface area contributed by atoms with Gasteiger partial charge in [-0.25, -0.2) is 0 Å². The van der Waals surface area contributed by atoms with Crippen molar-refractivity contribution >= 4 is 6.08 Å². The van der Waals surface area contributed by atoms with E-state index in [1.54, 1.807) is 0 Å². The Bertz CT molecular complexity index is 770. The van der Waals surface area contributed by atoms with E-state index >= 15 is 0 Å². The first kappa shape index (κ1) is 21.0. The fourth-order valence-corrected chi connectivity index (χ4v) is 4.77. The summed E-state index contributed by atoms with van der Waals surface area (Å²) >= 11 is 0. The predicted molar refractivity (Wildman–Crippen MR) is 116 cm³/mol. The fraction of sp³-hybridized carbons (Fsp3) is 0.600. The Kier molecular flexibility index (Phi) is 5.95. The van der Waals surface area contributed by atoms with Gasteiger partial charge in [0.25, 0.3) is 0 Å². The van der Waals surface area contributed by atoms with Crippen LogP contribution in [0.1, 0.15) is 90.2 Å². The molecule has 3 nitrogen and oxygen atoms in total. The van der Waals surface area contributed by atoms with Crippen LogP contribution in [0.15, 0.2) is 29.9 Å². The van der Waals surface area contributed by atoms with Crippen molar-refractivity contribution in [1.82, 2.24) is 0 Å².